The second-order valence-electron chi connectivity index (χ2n) is 6.61. The van der Waals surface area contributed by atoms with E-state index in [0.717, 1.165) is 0 Å². The molecule has 6 nitrogen and oxygen atoms in total. The highest BCUT2D eigenvalue weighted by atomic mass is 16.5. The molecule has 6 heteroatoms. The molecule has 0 aliphatic heterocycles. The van der Waals surface area contributed by atoms with Crippen LogP contribution in [-0.4, -0.2) is 36.7 Å². The number of ketones is 1. The Balaban J connectivity index is 2.69. The number of carbonyl (C=O) groups is 2. The van der Waals surface area contributed by atoms with Crippen molar-refractivity contribution in [3.63, 3.8) is 0 Å². The van der Waals surface area contributed by atoms with E-state index in [4.69, 9.17) is 14.2 Å². The first-order valence-corrected chi connectivity index (χ1v) is 10.1. The van der Waals surface area contributed by atoms with Crippen LogP contribution in [0.5, 0.6) is 17.2 Å². The van der Waals surface area contributed by atoms with E-state index in [1.165, 1.54) is 0 Å². The summed E-state index contributed by atoms with van der Waals surface area (Å²) in [6, 6.07) is 8.37. The van der Waals surface area contributed by atoms with Gasteiger partial charge in [-0.15, -0.1) is 0 Å². The summed E-state index contributed by atoms with van der Waals surface area (Å²) in [4.78, 5) is 25.2. The lowest BCUT2D eigenvalue weighted by Gasteiger charge is -2.20. The average Bonchev–Trinajstić information content (AvgIpc) is 2.76. The molecule has 0 heterocycles. The molecule has 0 saturated heterocycles. The fraction of sp³-hybridized carbons (Fsp3) is 0.280. The van der Waals surface area contributed by atoms with E-state index >= 15 is 0 Å². The quantitative estimate of drug-likeness (QED) is 0.373. The molecule has 0 fully saturated rings. The Morgan fingerprint density at radius 2 is 1.55 bits per heavy atom. The minimum Gasteiger partial charge on any atom is -0.494 e. The van der Waals surface area contributed by atoms with Crippen molar-refractivity contribution in [3.05, 3.63) is 77.9 Å². The summed E-state index contributed by atoms with van der Waals surface area (Å²) in [6.07, 6.45) is 3.30. The Hall–Kier alpha value is -3.54. The first-order valence-electron chi connectivity index (χ1n) is 10.1. The summed E-state index contributed by atoms with van der Waals surface area (Å²) in [5, 5.41) is 9.55. The normalized spacial score (nSPS) is 10.3. The maximum absolute atomic E-state index is 13.5. The van der Waals surface area contributed by atoms with Crippen LogP contribution in [0.15, 0.2) is 55.6 Å². The zero-order valence-corrected chi connectivity index (χ0v) is 18.0. The van der Waals surface area contributed by atoms with Gasteiger partial charge in [-0.3, -0.25) is 9.59 Å². The number of carbonyl (C=O) groups excluding carboxylic acids is 1. The van der Waals surface area contributed by atoms with Crippen LogP contribution in [0.4, 0.5) is 0 Å². The van der Waals surface area contributed by atoms with E-state index in [2.05, 4.69) is 13.2 Å². The number of rotatable bonds is 13. The van der Waals surface area contributed by atoms with Gasteiger partial charge in [0.1, 0.15) is 30.5 Å². The van der Waals surface area contributed by atoms with Gasteiger partial charge in [-0.1, -0.05) is 32.2 Å². The van der Waals surface area contributed by atoms with Crippen LogP contribution in [0.1, 0.15) is 40.9 Å². The molecule has 2 aromatic carbocycles. The smallest absolute Gasteiger partial charge is 0.307 e. The van der Waals surface area contributed by atoms with Crippen LogP contribution in [0.25, 0.3) is 0 Å². The molecule has 2 aromatic rings. The first kappa shape index (κ1) is 23.7. The number of hydrogen-bond donors (Lipinski definition) is 1. The van der Waals surface area contributed by atoms with Crippen molar-refractivity contribution in [2.75, 3.05) is 19.8 Å². The number of ether oxygens (including phenoxy) is 3. The maximum atomic E-state index is 13.5. The molecule has 0 radical (unpaired) electrons. The molecular formula is C25H28O6. The number of carboxylic acids is 1. The number of aliphatic carboxylic acids is 1. The fourth-order valence-corrected chi connectivity index (χ4v) is 3.26. The van der Waals surface area contributed by atoms with E-state index in [-0.39, 0.29) is 36.7 Å². The molecule has 0 aliphatic carbocycles. The summed E-state index contributed by atoms with van der Waals surface area (Å²) >= 11 is 0. The minimum atomic E-state index is -1.05. The number of hydrogen-bond acceptors (Lipinski definition) is 5. The van der Waals surface area contributed by atoms with Crippen LogP contribution < -0.4 is 14.2 Å². The van der Waals surface area contributed by atoms with Crippen molar-refractivity contribution in [1.29, 1.82) is 0 Å². The topological polar surface area (TPSA) is 82.1 Å². The van der Waals surface area contributed by atoms with Gasteiger partial charge in [0, 0.05) is 11.6 Å². The van der Waals surface area contributed by atoms with Crippen LogP contribution >= 0.6 is 0 Å². The average molecular weight is 424 g/mol. The summed E-state index contributed by atoms with van der Waals surface area (Å²) in [5.74, 6) is -0.00284. The van der Waals surface area contributed by atoms with Gasteiger partial charge >= 0.3 is 5.97 Å². The molecule has 1 N–H and O–H groups in total. The molecule has 0 spiro atoms. The van der Waals surface area contributed by atoms with Gasteiger partial charge in [-0.05, 0) is 48.7 Å². The Kier molecular flexibility index (Phi) is 8.88. The summed E-state index contributed by atoms with van der Waals surface area (Å²) in [5.41, 5.74) is 1.66. The van der Waals surface area contributed by atoms with E-state index in [1.54, 1.807) is 42.5 Å². The molecule has 0 aliphatic rings. The highest BCUT2D eigenvalue weighted by molar-refractivity contribution is 6.12. The van der Waals surface area contributed by atoms with Gasteiger partial charge in [-0.25, -0.2) is 0 Å². The second-order valence-corrected chi connectivity index (χ2v) is 6.61. The second kappa shape index (κ2) is 11.6. The lowest BCUT2D eigenvalue weighted by molar-refractivity contribution is -0.136. The van der Waals surface area contributed by atoms with Crippen LogP contribution in [0, 0.1) is 0 Å². The SMILES string of the molecule is C=CCOc1cc(OCC=C)c(C(=O)c2ccc(OCC)cc2)c(CC(=O)O)c1CC. The van der Waals surface area contributed by atoms with Gasteiger partial charge in [0.2, 0.25) is 0 Å². The lowest BCUT2D eigenvalue weighted by Crippen LogP contribution is -2.16. The van der Waals surface area contributed by atoms with E-state index in [9.17, 15) is 14.7 Å². The molecule has 0 saturated carbocycles. The van der Waals surface area contributed by atoms with Crippen LogP contribution in [-0.2, 0) is 17.6 Å². The fourth-order valence-electron chi connectivity index (χ4n) is 3.26. The lowest BCUT2D eigenvalue weighted by atomic mass is 9.90. The largest absolute Gasteiger partial charge is 0.494 e. The standard InChI is InChI=1S/C25H28O6/c1-5-13-30-21-16-22(31-14-6-2)24(20(15-23(26)27)19(21)7-3)25(28)17-9-11-18(12-10-17)29-8-4/h5-6,9-12,16H,1-2,7-8,13-15H2,3-4H3,(H,26,27). The van der Waals surface area contributed by atoms with E-state index in [1.807, 2.05) is 13.8 Å². The third kappa shape index (κ3) is 5.98. The Morgan fingerprint density at radius 3 is 2.06 bits per heavy atom. The third-order valence-electron chi connectivity index (χ3n) is 4.52. The van der Waals surface area contributed by atoms with Gasteiger partial charge in [0.25, 0.3) is 0 Å². The van der Waals surface area contributed by atoms with Gasteiger partial charge in [0.15, 0.2) is 5.78 Å². The van der Waals surface area contributed by atoms with Crippen LogP contribution in [0.2, 0.25) is 0 Å². The summed E-state index contributed by atoms with van der Waals surface area (Å²) < 4.78 is 17.0. The number of carboxylic acid groups (broad SMARTS) is 1. The molecular weight excluding hydrogens is 396 g/mol. The molecule has 0 amide bonds. The molecule has 0 unspecified atom stereocenters. The Morgan fingerprint density at radius 1 is 0.935 bits per heavy atom. The highest BCUT2D eigenvalue weighted by Gasteiger charge is 2.26. The third-order valence-corrected chi connectivity index (χ3v) is 4.52. The van der Waals surface area contributed by atoms with Crippen molar-refractivity contribution in [1.82, 2.24) is 0 Å². The van der Waals surface area contributed by atoms with Gasteiger partial charge < -0.3 is 19.3 Å². The molecule has 164 valence electrons. The van der Waals surface area contributed by atoms with Gasteiger partial charge in [0.05, 0.1) is 18.6 Å². The maximum Gasteiger partial charge on any atom is 0.307 e. The van der Waals surface area contributed by atoms with Crippen molar-refractivity contribution in [3.8, 4) is 17.2 Å². The number of benzene rings is 2. The predicted octanol–water partition coefficient (Wildman–Crippen LogP) is 4.64. The van der Waals surface area contributed by atoms with Crippen molar-refractivity contribution >= 4 is 11.8 Å². The van der Waals surface area contributed by atoms with Gasteiger partial charge in [-0.2, -0.15) is 0 Å². The Bertz CT molecular complexity index is 943. The molecule has 31 heavy (non-hydrogen) atoms. The summed E-state index contributed by atoms with van der Waals surface area (Å²) in [7, 11) is 0. The zero-order valence-electron chi connectivity index (χ0n) is 18.0. The minimum absolute atomic E-state index is 0.155. The summed E-state index contributed by atoms with van der Waals surface area (Å²) in [6.45, 7) is 12.0. The predicted molar refractivity (Wildman–Crippen MR) is 120 cm³/mol. The monoisotopic (exact) mass is 424 g/mol. The first-order chi connectivity index (χ1) is 15.0. The highest BCUT2D eigenvalue weighted by Crippen LogP contribution is 2.37. The van der Waals surface area contributed by atoms with Crippen molar-refractivity contribution in [2.24, 2.45) is 0 Å². The van der Waals surface area contributed by atoms with E-state index in [0.29, 0.717) is 41.2 Å². The molecule has 0 atom stereocenters. The van der Waals surface area contributed by atoms with Crippen LogP contribution in [0.3, 0.4) is 0 Å². The Labute approximate surface area is 182 Å². The van der Waals surface area contributed by atoms with Crippen molar-refractivity contribution < 1.29 is 28.9 Å². The van der Waals surface area contributed by atoms with E-state index < -0.39 is 5.97 Å². The molecule has 2 rings (SSSR count). The van der Waals surface area contributed by atoms with Crippen molar-refractivity contribution in [2.45, 2.75) is 26.7 Å². The molecule has 0 aromatic heterocycles. The zero-order chi connectivity index (χ0) is 22.8. The molecule has 0 bridgehead atoms.